The highest BCUT2D eigenvalue weighted by Crippen LogP contribution is 2.27. The van der Waals surface area contributed by atoms with Gasteiger partial charge in [0.1, 0.15) is 12.4 Å². The lowest BCUT2D eigenvalue weighted by Crippen LogP contribution is -2.52. The maximum Gasteiger partial charge on any atom is 0.193 e. The van der Waals surface area contributed by atoms with Crippen molar-refractivity contribution >= 4 is 5.84 Å². The van der Waals surface area contributed by atoms with Crippen LogP contribution in [-0.2, 0) is 4.74 Å². The molecule has 0 saturated carbocycles. The van der Waals surface area contributed by atoms with Gasteiger partial charge in [0.25, 0.3) is 0 Å². The Morgan fingerprint density at radius 2 is 2.33 bits per heavy atom. The molecule has 3 heterocycles. The van der Waals surface area contributed by atoms with Gasteiger partial charge in [-0.3, -0.25) is 10.0 Å². The largest absolute Gasteiger partial charge is 0.394 e. The summed E-state index contributed by atoms with van der Waals surface area (Å²) in [5.74, 6) is 12.2. The molecule has 2 atom stereocenters. The molecule has 0 radical (unpaired) electrons. The van der Waals surface area contributed by atoms with E-state index in [1.54, 1.807) is 11.2 Å². The van der Waals surface area contributed by atoms with Crippen LogP contribution in [0.25, 0.3) is 0 Å². The van der Waals surface area contributed by atoms with Gasteiger partial charge < -0.3 is 9.84 Å². The highest BCUT2D eigenvalue weighted by Gasteiger charge is 2.38. The molecule has 3 rings (SSSR count). The molecule has 0 aliphatic carbocycles. The number of amidine groups is 1. The molecule has 0 amide bonds. The predicted molar refractivity (Wildman–Crippen MR) is 62.4 cm³/mol. The molecule has 3 aliphatic heterocycles. The summed E-state index contributed by atoms with van der Waals surface area (Å²) < 4.78 is 5.69. The number of fused-ring (bicyclic) bond motifs is 1. The quantitative estimate of drug-likeness (QED) is 0.410. The fourth-order valence-corrected chi connectivity index (χ4v) is 2.32. The molecule has 3 aliphatic rings. The number of aliphatic hydroxyl groups excluding tert-OH is 1. The zero-order valence-corrected chi connectivity index (χ0v) is 9.86. The van der Waals surface area contributed by atoms with Crippen molar-refractivity contribution in [3.8, 4) is 0 Å². The van der Waals surface area contributed by atoms with Crippen LogP contribution in [0.3, 0.4) is 0 Å². The van der Waals surface area contributed by atoms with Gasteiger partial charge >= 0.3 is 0 Å². The van der Waals surface area contributed by atoms with E-state index in [1.165, 1.54) is 10.0 Å². The summed E-state index contributed by atoms with van der Waals surface area (Å²) in [6.07, 6.45) is 3.11. The molecule has 100 valence electrons. The van der Waals surface area contributed by atoms with E-state index in [9.17, 15) is 0 Å². The first-order chi connectivity index (χ1) is 8.69. The van der Waals surface area contributed by atoms with Crippen LogP contribution in [0.4, 0.5) is 0 Å². The van der Waals surface area contributed by atoms with Gasteiger partial charge in [0, 0.05) is 6.20 Å². The lowest BCUT2D eigenvalue weighted by atomic mass is 10.2. The summed E-state index contributed by atoms with van der Waals surface area (Å²) in [4.78, 5) is 0. The van der Waals surface area contributed by atoms with Crippen LogP contribution in [0, 0.1) is 0 Å². The summed E-state index contributed by atoms with van der Waals surface area (Å²) in [5, 5.41) is 17.9. The summed E-state index contributed by atoms with van der Waals surface area (Å²) in [6.45, 7) is 0.409. The van der Waals surface area contributed by atoms with E-state index < -0.39 is 0 Å². The van der Waals surface area contributed by atoms with Crippen molar-refractivity contribution in [2.75, 3.05) is 13.3 Å². The van der Waals surface area contributed by atoms with Crippen LogP contribution in [-0.4, -0.2) is 51.6 Å². The minimum Gasteiger partial charge on any atom is -0.394 e. The Labute approximate surface area is 104 Å². The van der Waals surface area contributed by atoms with Crippen LogP contribution in [0.5, 0.6) is 0 Å². The summed E-state index contributed by atoms with van der Waals surface area (Å²) in [6, 6.07) is 0. The first-order valence-corrected chi connectivity index (χ1v) is 5.83. The zero-order chi connectivity index (χ0) is 12.7. The monoisotopic (exact) mass is 255 g/mol. The maximum absolute atomic E-state index is 9.08. The molecule has 9 nitrogen and oxygen atoms in total. The maximum atomic E-state index is 9.08. The molecule has 9 heteroatoms. The topological polar surface area (TPSA) is 116 Å². The van der Waals surface area contributed by atoms with Gasteiger partial charge in [0.05, 0.1) is 12.7 Å². The van der Waals surface area contributed by atoms with Crippen molar-refractivity contribution in [3.05, 3.63) is 11.9 Å². The number of ether oxygens (including phenoxy) is 1. The average Bonchev–Trinajstić information content (AvgIpc) is 2.93. The lowest BCUT2D eigenvalue weighted by molar-refractivity contribution is -0.0681. The molecule has 0 unspecified atom stereocenters. The van der Waals surface area contributed by atoms with Gasteiger partial charge in [-0.2, -0.15) is 0 Å². The fourth-order valence-electron chi connectivity index (χ4n) is 2.32. The first-order valence-electron chi connectivity index (χ1n) is 5.83. The lowest BCUT2D eigenvalue weighted by Gasteiger charge is -2.33. The predicted octanol–water partition coefficient (Wildman–Crippen LogP) is -2.22. The Bertz CT molecular complexity index is 398. The molecule has 18 heavy (non-hydrogen) atoms. The molecule has 0 bridgehead atoms. The van der Waals surface area contributed by atoms with Gasteiger partial charge in [0.2, 0.25) is 0 Å². The minimum absolute atomic E-state index is 0.0309. The van der Waals surface area contributed by atoms with Gasteiger partial charge in [-0.05, 0) is 12.8 Å². The van der Waals surface area contributed by atoms with Gasteiger partial charge in [-0.25, -0.2) is 22.2 Å². The third kappa shape index (κ3) is 1.77. The molecular weight excluding hydrogens is 238 g/mol. The number of hydrazine groups is 3. The summed E-state index contributed by atoms with van der Waals surface area (Å²) in [5.41, 5.74) is 3.65. The highest BCUT2D eigenvalue weighted by molar-refractivity contribution is 5.98. The van der Waals surface area contributed by atoms with Gasteiger partial charge in [0.15, 0.2) is 12.1 Å². The number of nitrogens with zero attached hydrogens (tertiary/aromatic N) is 4. The number of aliphatic hydroxyl groups is 1. The Morgan fingerprint density at radius 3 is 3.06 bits per heavy atom. The number of nitrogens with one attached hydrogen (secondary N) is 1. The summed E-state index contributed by atoms with van der Waals surface area (Å²) in [7, 11) is 0. The second-order valence-corrected chi connectivity index (χ2v) is 4.52. The number of hydrazone groups is 1. The smallest absolute Gasteiger partial charge is 0.193 e. The molecular formula is C9H17N7O2. The van der Waals surface area contributed by atoms with Crippen LogP contribution < -0.4 is 17.2 Å². The Kier molecular flexibility index (Phi) is 2.74. The summed E-state index contributed by atoms with van der Waals surface area (Å²) >= 11 is 0. The van der Waals surface area contributed by atoms with Crippen molar-refractivity contribution in [2.24, 2.45) is 16.8 Å². The molecule has 0 aromatic carbocycles. The standard InChI is InChI=1S/C9H17N7O2/c10-14-3-7-9(15(11)5-14)12-13-16(7)8-2-1-6(4-17)18-8/h3,6,8,13,17H,1-2,4-5,10-11H2/t6-,8-/m0/s1. The van der Waals surface area contributed by atoms with Gasteiger partial charge in [-0.1, -0.05) is 0 Å². The fraction of sp³-hybridized carbons (Fsp3) is 0.667. The number of rotatable bonds is 2. The minimum atomic E-state index is -0.172. The molecule has 1 fully saturated rings. The second-order valence-electron chi connectivity index (χ2n) is 4.52. The van der Waals surface area contributed by atoms with Crippen LogP contribution in [0.1, 0.15) is 12.8 Å². The van der Waals surface area contributed by atoms with E-state index in [0.29, 0.717) is 12.5 Å². The number of hydrogen-bond donors (Lipinski definition) is 4. The SMILES string of the molecule is NN1C=C2C(=NNN2[C@@H]2CC[C@@H](CO)O2)N(N)C1. The van der Waals surface area contributed by atoms with Crippen molar-refractivity contribution in [3.63, 3.8) is 0 Å². The van der Waals surface area contributed by atoms with Crippen molar-refractivity contribution in [1.29, 1.82) is 0 Å². The van der Waals surface area contributed by atoms with E-state index in [2.05, 4.69) is 10.6 Å². The molecule has 6 N–H and O–H groups in total. The van der Waals surface area contributed by atoms with Crippen molar-refractivity contribution in [2.45, 2.75) is 25.2 Å². The van der Waals surface area contributed by atoms with E-state index in [-0.39, 0.29) is 18.9 Å². The third-order valence-electron chi connectivity index (χ3n) is 3.20. The average molecular weight is 255 g/mol. The number of hydrogen-bond acceptors (Lipinski definition) is 9. The molecule has 0 spiro atoms. The van der Waals surface area contributed by atoms with Crippen LogP contribution in [0.2, 0.25) is 0 Å². The van der Waals surface area contributed by atoms with Gasteiger partial charge in [-0.15, -0.1) is 5.10 Å². The third-order valence-corrected chi connectivity index (χ3v) is 3.20. The Hall–Kier alpha value is -1.55. The van der Waals surface area contributed by atoms with E-state index >= 15 is 0 Å². The highest BCUT2D eigenvalue weighted by atomic mass is 16.5. The Morgan fingerprint density at radius 1 is 1.50 bits per heavy atom. The van der Waals surface area contributed by atoms with E-state index in [4.69, 9.17) is 21.5 Å². The normalized spacial score (nSPS) is 31.2. The second kappa shape index (κ2) is 4.28. The molecule has 1 saturated heterocycles. The van der Waals surface area contributed by atoms with Crippen LogP contribution in [0.15, 0.2) is 17.0 Å². The Balaban J connectivity index is 1.77. The van der Waals surface area contributed by atoms with Crippen LogP contribution >= 0.6 is 0 Å². The van der Waals surface area contributed by atoms with E-state index in [0.717, 1.165) is 18.5 Å². The molecule has 0 aromatic rings. The molecule has 0 aromatic heterocycles. The van der Waals surface area contributed by atoms with Crippen molar-refractivity contribution in [1.82, 2.24) is 20.6 Å². The van der Waals surface area contributed by atoms with E-state index in [1.807, 2.05) is 0 Å². The number of nitrogens with two attached hydrogens (primary N) is 2. The van der Waals surface area contributed by atoms with Crippen molar-refractivity contribution < 1.29 is 9.84 Å². The zero-order valence-electron chi connectivity index (χ0n) is 9.86. The first kappa shape index (κ1) is 11.5.